The van der Waals surface area contributed by atoms with Crippen molar-refractivity contribution >= 4 is 11.9 Å². The highest BCUT2D eigenvalue weighted by Gasteiger charge is 1.85. The Kier molecular flexibility index (Phi) is 25.3. The van der Waals surface area contributed by atoms with Crippen LogP contribution >= 0.6 is 0 Å². The normalized spacial score (nSPS) is 7.65. The van der Waals surface area contributed by atoms with Gasteiger partial charge in [-0.3, -0.25) is 4.79 Å². The van der Waals surface area contributed by atoms with Crippen LogP contribution in [0.2, 0.25) is 0 Å². The third-order valence-corrected chi connectivity index (χ3v) is 1.21. The molecule has 0 saturated carbocycles. The highest BCUT2D eigenvalue weighted by atomic mass is 16.5. The zero-order chi connectivity index (χ0) is 16.2. The van der Waals surface area contributed by atoms with E-state index in [2.05, 4.69) is 31.6 Å². The molecule has 3 N–H and O–H groups in total. The van der Waals surface area contributed by atoms with Gasteiger partial charge in [0.2, 0.25) is 5.91 Å². The molecule has 0 aliphatic rings. The summed E-state index contributed by atoms with van der Waals surface area (Å²) in [6.45, 7) is 14.6. The summed E-state index contributed by atoms with van der Waals surface area (Å²) < 4.78 is 4.90. The third kappa shape index (κ3) is 36.0. The molecule has 20 heavy (non-hydrogen) atoms. The van der Waals surface area contributed by atoms with Crippen molar-refractivity contribution in [3.8, 4) is 0 Å². The lowest BCUT2D eigenvalue weighted by molar-refractivity contribution is -0.140. The standard InChI is InChI=1S/C6H9NO.C6H10O.C2H4O3/c1-3-5-7-6(8)4-2;1-3-5-7-6-4-2;3-1-2(4)5/h3-4H,1-2,5H2,(H,7,8);3-4H,1-2,5-6H2;3H,1H2,(H,4,5). The Labute approximate surface area is 119 Å². The number of hydrogen-bond acceptors (Lipinski definition) is 4. The first-order valence-electron chi connectivity index (χ1n) is 5.63. The number of nitrogens with one attached hydrogen (secondary N) is 1. The van der Waals surface area contributed by atoms with Crippen molar-refractivity contribution < 1.29 is 24.5 Å². The summed E-state index contributed by atoms with van der Waals surface area (Å²) in [7, 11) is 0. The van der Waals surface area contributed by atoms with E-state index in [1.54, 1.807) is 18.2 Å². The Balaban J connectivity index is -0.000000223. The Morgan fingerprint density at radius 3 is 1.75 bits per heavy atom. The maximum Gasteiger partial charge on any atom is 0.329 e. The minimum absolute atomic E-state index is 0.162. The van der Waals surface area contributed by atoms with E-state index in [-0.39, 0.29) is 5.91 Å². The van der Waals surface area contributed by atoms with Gasteiger partial charge in [0.05, 0.1) is 13.2 Å². The van der Waals surface area contributed by atoms with Crippen LogP contribution in [-0.2, 0) is 14.3 Å². The van der Waals surface area contributed by atoms with Crippen LogP contribution in [0.3, 0.4) is 0 Å². The van der Waals surface area contributed by atoms with Gasteiger partial charge in [-0.2, -0.15) is 0 Å². The van der Waals surface area contributed by atoms with Gasteiger partial charge in [-0.15, -0.1) is 19.7 Å². The Bertz CT molecular complexity index is 292. The number of rotatable bonds is 8. The first-order chi connectivity index (χ1) is 9.49. The molecule has 0 fully saturated rings. The topological polar surface area (TPSA) is 95.9 Å². The molecule has 0 atom stereocenters. The fraction of sp³-hybridized carbons (Fsp3) is 0.286. The number of carbonyl (C=O) groups excluding carboxylic acids is 1. The number of carboxylic acid groups (broad SMARTS) is 1. The number of carbonyl (C=O) groups is 2. The second kappa shape index (κ2) is 22.0. The summed E-state index contributed by atoms with van der Waals surface area (Å²) in [5.41, 5.74) is 0. The van der Waals surface area contributed by atoms with Crippen molar-refractivity contribution in [2.45, 2.75) is 0 Å². The monoisotopic (exact) mass is 285 g/mol. The molecule has 0 aromatic heterocycles. The van der Waals surface area contributed by atoms with Crippen molar-refractivity contribution in [1.82, 2.24) is 5.32 Å². The zero-order valence-electron chi connectivity index (χ0n) is 11.6. The molecule has 114 valence electrons. The summed E-state index contributed by atoms with van der Waals surface area (Å²) >= 11 is 0. The van der Waals surface area contributed by atoms with Gasteiger partial charge >= 0.3 is 5.97 Å². The summed E-state index contributed by atoms with van der Waals surface area (Å²) in [5.74, 6) is -1.35. The Morgan fingerprint density at radius 2 is 1.50 bits per heavy atom. The molecule has 0 aliphatic carbocycles. The van der Waals surface area contributed by atoms with Crippen LogP contribution in [0.1, 0.15) is 0 Å². The largest absolute Gasteiger partial charge is 0.480 e. The van der Waals surface area contributed by atoms with Crippen molar-refractivity contribution in [2.75, 3.05) is 26.4 Å². The first kappa shape index (κ1) is 23.0. The minimum Gasteiger partial charge on any atom is -0.480 e. The maximum atomic E-state index is 10.3. The van der Waals surface area contributed by atoms with Gasteiger partial charge in [-0.25, -0.2) is 4.79 Å². The van der Waals surface area contributed by atoms with Gasteiger partial charge in [-0.1, -0.05) is 24.8 Å². The van der Waals surface area contributed by atoms with E-state index >= 15 is 0 Å². The molecule has 0 aromatic rings. The molecular formula is C14H23NO5. The lowest BCUT2D eigenvalue weighted by Gasteiger charge is -1.91. The Hall–Kier alpha value is -2.18. The molecule has 0 aliphatic heterocycles. The second-order valence-corrected chi connectivity index (χ2v) is 2.90. The van der Waals surface area contributed by atoms with Crippen LogP contribution in [0.25, 0.3) is 0 Å². The van der Waals surface area contributed by atoms with E-state index in [1.807, 2.05) is 0 Å². The molecule has 0 rings (SSSR count). The van der Waals surface area contributed by atoms with Crippen LogP contribution in [0.4, 0.5) is 0 Å². The SMILES string of the molecule is C=CCNC(=O)C=C.C=CCOCC=C.O=C(O)CO. The Morgan fingerprint density at radius 1 is 1.05 bits per heavy atom. The van der Waals surface area contributed by atoms with Crippen LogP contribution in [0, 0.1) is 0 Å². The zero-order valence-corrected chi connectivity index (χ0v) is 11.6. The fourth-order valence-electron chi connectivity index (χ4n) is 0.480. The van der Waals surface area contributed by atoms with E-state index in [9.17, 15) is 4.79 Å². The molecule has 6 nitrogen and oxygen atoms in total. The molecule has 6 heteroatoms. The minimum atomic E-state index is -1.19. The quantitative estimate of drug-likeness (QED) is 0.350. The second-order valence-electron chi connectivity index (χ2n) is 2.90. The van der Waals surface area contributed by atoms with E-state index in [4.69, 9.17) is 19.7 Å². The summed E-state index contributed by atoms with van der Waals surface area (Å²) in [6, 6.07) is 0. The predicted octanol–water partition coefficient (Wildman–Crippen LogP) is 0.913. The molecule has 0 bridgehead atoms. The summed E-state index contributed by atoms with van der Waals surface area (Å²) in [6.07, 6.45) is 6.26. The lowest BCUT2D eigenvalue weighted by Crippen LogP contribution is -2.19. The van der Waals surface area contributed by atoms with Gasteiger partial charge in [0, 0.05) is 6.54 Å². The number of ether oxygens (including phenoxy) is 1. The number of aliphatic hydroxyl groups excluding tert-OH is 1. The van der Waals surface area contributed by atoms with Crippen LogP contribution in [0.15, 0.2) is 50.6 Å². The highest BCUT2D eigenvalue weighted by molar-refractivity contribution is 5.86. The van der Waals surface area contributed by atoms with Gasteiger partial charge < -0.3 is 20.3 Å². The summed E-state index contributed by atoms with van der Waals surface area (Å²) in [5, 5.41) is 17.5. The molecule has 0 saturated heterocycles. The fourth-order valence-corrected chi connectivity index (χ4v) is 0.480. The van der Waals surface area contributed by atoms with E-state index in [1.165, 1.54) is 6.08 Å². The lowest BCUT2D eigenvalue weighted by atomic mass is 10.5. The van der Waals surface area contributed by atoms with Gasteiger partial charge in [0.15, 0.2) is 0 Å². The van der Waals surface area contributed by atoms with Gasteiger partial charge in [0.1, 0.15) is 6.61 Å². The van der Waals surface area contributed by atoms with Crippen molar-refractivity contribution in [3.63, 3.8) is 0 Å². The number of hydrogen-bond donors (Lipinski definition) is 3. The first-order valence-corrected chi connectivity index (χ1v) is 5.63. The molecule has 0 spiro atoms. The molecular weight excluding hydrogens is 262 g/mol. The average Bonchev–Trinajstić information content (AvgIpc) is 2.46. The number of aliphatic carboxylic acids is 1. The number of amides is 1. The van der Waals surface area contributed by atoms with Gasteiger partial charge in [-0.05, 0) is 6.08 Å². The molecule has 0 radical (unpaired) electrons. The maximum absolute atomic E-state index is 10.3. The van der Waals surface area contributed by atoms with E-state index in [0.29, 0.717) is 19.8 Å². The summed E-state index contributed by atoms with van der Waals surface area (Å²) in [4.78, 5) is 19.4. The molecule has 0 unspecified atom stereocenters. The van der Waals surface area contributed by atoms with Crippen molar-refractivity contribution in [1.29, 1.82) is 0 Å². The van der Waals surface area contributed by atoms with Crippen LogP contribution in [-0.4, -0.2) is 48.5 Å². The van der Waals surface area contributed by atoms with Crippen molar-refractivity contribution in [3.05, 3.63) is 50.6 Å². The number of carboxylic acids is 1. The van der Waals surface area contributed by atoms with Gasteiger partial charge in [0.25, 0.3) is 0 Å². The van der Waals surface area contributed by atoms with Crippen LogP contribution < -0.4 is 5.32 Å². The third-order valence-electron chi connectivity index (χ3n) is 1.21. The average molecular weight is 285 g/mol. The number of aliphatic hydroxyl groups is 1. The molecule has 0 heterocycles. The highest BCUT2D eigenvalue weighted by Crippen LogP contribution is 1.72. The molecule has 0 aromatic carbocycles. The van der Waals surface area contributed by atoms with Crippen molar-refractivity contribution in [2.24, 2.45) is 0 Å². The van der Waals surface area contributed by atoms with Crippen LogP contribution in [0.5, 0.6) is 0 Å². The molecule has 1 amide bonds. The van der Waals surface area contributed by atoms with E-state index in [0.717, 1.165) is 0 Å². The van der Waals surface area contributed by atoms with E-state index < -0.39 is 12.6 Å². The smallest absolute Gasteiger partial charge is 0.329 e. The predicted molar refractivity (Wildman–Crippen MR) is 79.3 cm³/mol.